The number of aromatic nitrogens is 3. The van der Waals surface area contributed by atoms with E-state index < -0.39 is 22.0 Å². The molecule has 0 aliphatic carbocycles. The van der Waals surface area contributed by atoms with Crippen molar-refractivity contribution in [2.45, 2.75) is 37.9 Å². The number of imidazole rings is 1. The van der Waals surface area contributed by atoms with Crippen LogP contribution in [0.25, 0.3) is 0 Å². The largest absolute Gasteiger partial charge is 0.442 e. The van der Waals surface area contributed by atoms with E-state index in [9.17, 15) is 17.6 Å². The van der Waals surface area contributed by atoms with Gasteiger partial charge in [-0.05, 0) is 35.7 Å². The van der Waals surface area contributed by atoms with Crippen LogP contribution in [-0.2, 0) is 28.0 Å². The van der Waals surface area contributed by atoms with Crippen molar-refractivity contribution >= 4 is 16.2 Å². The molecule has 11 heteroatoms. The number of primary amides is 1. The lowest BCUT2D eigenvalue weighted by Gasteiger charge is -2.14. The summed E-state index contributed by atoms with van der Waals surface area (Å²) in [6.07, 6.45) is 2.10. The van der Waals surface area contributed by atoms with Crippen LogP contribution < -0.4 is 9.92 Å². The molecule has 2 N–H and O–H groups in total. The van der Waals surface area contributed by atoms with E-state index in [4.69, 9.17) is 14.7 Å². The molecule has 164 valence electrons. The number of amides is 1. The van der Waals surface area contributed by atoms with Gasteiger partial charge in [-0.3, -0.25) is 4.98 Å². The minimum atomic E-state index is -4.43. The van der Waals surface area contributed by atoms with Crippen LogP contribution in [0.2, 0.25) is 0 Å². The SMILES string of the molecule is CC(C)c1nc(COC(N)=O)n(Cc2ccncc2)c1S(=O)(=O)Oc1cccc(F)c1. The fourth-order valence-corrected chi connectivity index (χ4v) is 4.32. The smallest absolute Gasteiger partial charge is 0.404 e. The fourth-order valence-electron chi connectivity index (χ4n) is 2.91. The Bertz CT molecular complexity index is 1180. The van der Waals surface area contributed by atoms with E-state index in [1.54, 1.807) is 38.4 Å². The minimum Gasteiger partial charge on any atom is -0.442 e. The average Bonchev–Trinajstić information content (AvgIpc) is 3.06. The number of pyridine rings is 1. The maximum Gasteiger partial charge on any atom is 0.404 e. The number of nitrogens with zero attached hydrogens (tertiary/aromatic N) is 3. The van der Waals surface area contributed by atoms with Gasteiger partial charge in [-0.2, -0.15) is 8.42 Å². The first-order valence-electron chi connectivity index (χ1n) is 9.28. The van der Waals surface area contributed by atoms with Crippen LogP contribution in [0.1, 0.15) is 36.8 Å². The van der Waals surface area contributed by atoms with Crippen molar-refractivity contribution in [1.29, 1.82) is 0 Å². The van der Waals surface area contributed by atoms with Crippen molar-refractivity contribution in [3.63, 3.8) is 0 Å². The zero-order valence-electron chi connectivity index (χ0n) is 16.9. The molecule has 0 bridgehead atoms. The maximum absolute atomic E-state index is 13.5. The van der Waals surface area contributed by atoms with Gasteiger partial charge in [-0.15, -0.1) is 0 Å². The Hall–Kier alpha value is -3.47. The van der Waals surface area contributed by atoms with Crippen molar-refractivity contribution in [1.82, 2.24) is 14.5 Å². The third-order valence-corrected chi connectivity index (χ3v) is 5.56. The molecule has 0 atom stereocenters. The van der Waals surface area contributed by atoms with Gasteiger partial charge in [0.2, 0.25) is 0 Å². The van der Waals surface area contributed by atoms with Crippen LogP contribution in [0.4, 0.5) is 9.18 Å². The monoisotopic (exact) mass is 448 g/mol. The predicted octanol–water partition coefficient (Wildman–Crippen LogP) is 2.95. The first-order valence-corrected chi connectivity index (χ1v) is 10.7. The molecule has 0 saturated heterocycles. The quantitative estimate of drug-likeness (QED) is 0.525. The van der Waals surface area contributed by atoms with E-state index in [-0.39, 0.29) is 41.4 Å². The Morgan fingerprint density at radius 3 is 2.55 bits per heavy atom. The highest BCUT2D eigenvalue weighted by atomic mass is 32.2. The first kappa shape index (κ1) is 22.2. The zero-order chi connectivity index (χ0) is 22.6. The van der Waals surface area contributed by atoms with Gasteiger partial charge in [0.25, 0.3) is 0 Å². The number of halogens is 1. The van der Waals surface area contributed by atoms with Gasteiger partial charge in [0, 0.05) is 18.5 Å². The summed E-state index contributed by atoms with van der Waals surface area (Å²) in [7, 11) is -4.43. The minimum absolute atomic E-state index is 0.0841. The van der Waals surface area contributed by atoms with Gasteiger partial charge in [-0.25, -0.2) is 14.2 Å². The van der Waals surface area contributed by atoms with E-state index in [0.717, 1.165) is 11.6 Å². The highest BCUT2D eigenvalue weighted by Gasteiger charge is 2.32. The molecular weight excluding hydrogens is 427 g/mol. The summed E-state index contributed by atoms with van der Waals surface area (Å²) < 4.78 is 51.5. The summed E-state index contributed by atoms with van der Waals surface area (Å²) in [6, 6.07) is 8.22. The highest BCUT2D eigenvalue weighted by molar-refractivity contribution is 7.87. The van der Waals surface area contributed by atoms with Gasteiger partial charge in [0.05, 0.1) is 12.2 Å². The van der Waals surface area contributed by atoms with Crippen molar-refractivity contribution < 1.29 is 26.5 Å². The second-order valence-electron chi connectivity index (χ2n) is 6.92. The van der Waals surface area contributed by atoms with E-state index >= 15 is 0 Å². The third kappa shape index (κ3) is 5.37. The van der Waals surface area contributed by atoms with Crippen molar-refractivity contribution in [2.24, 2.45) is 5.73 Å². The Labute approximate surface area is 178 Å². The molecule has 31 heavy (non-hydrogen) atoms. The summed E-state index contributed by atoms with van der Waals surface area (Å²) in [6.45, 7) is 3.27. The molecule has 1 amide bonds. The van der Waals surface area contributed by atoms with Crippen LogP contribution >= 0.6 is 0 Å². The normalized spacial score (nSPS) is 11.5. The third-order valence-electron chi connectivity index (χ3n) is 4.24. The van der Waals surface area contributed by atoms with Gasteiger partial charge in [-0.1, -0.05) is 19.9 Å². The molecular formula is C20H21FN4O5S. The van der Waals surface area contributed by atoms with Gasteiger partial charge >= 0.3 is 16.2 Å². The Morgan fingerprint density at radius 2 is 1.94 bits per heavy atom. The Morgan fingerprint density at radius 1 is 1.23 bits per heavy atom. The van der Waals surface area contributed by atoms with Crippen molar-refractivity contribution in [3.05, 3.63) is 71.7 Å². The van der Waals surface area contributed by atoms with E-state index in [1.165, 1.54) is 22.8 Å². The number of hydrogen-bond acceptors (Lipinski definition) is 7. The molecule has 9 nitrogen and oxygen atoms in total. The second kappa shape index (κ2) is 9.13. The number of nitrogens with two attached hydrogens (primary N) is 1. The number of benzene rings is 1. The summed E-state index contributed by atoms with van der Waals surface area (Å²) in [5.41, 5.74) is 6.01. The summed E-state index contributed by atoms with van der Waals surface area (Å²) in [5, 5.41) is -0.216. The van der Waals surface area contributed by atoms with Crippen LogP contribution in [0, 0.1) is 5.82 Å². The average molecular weight is 448 g/mol. The molecule has 0 unspecified atom stereocenters. The van der Waals surface area contributed by atoms with Crippen LogP contribution in [0.15, 0.2) is 53.8 Å². The van der Waals surface area contributed by atoms with Crippen LogP contribution in [-0.4, -0.2) is 29.0 Å². The van der Waals surface area contributed by atoms with Crippen molar-refractivity contribution in [3.8, 4) is 5.75 Å². The summed E-state index contributed by atoms with van der Waals surface area (Å²) in [5.74, 6) is -0.966. The molecule has 2 heterocycles. The van der Waals surface area contributed by atoms with Crippen molar-refractivity contribution in [2.75, 3.05) is 0 Å². The molecule has 0 spiro atoms. The first-order chi connectivity index (χ1) is 14.7. The van der Waals surface area contributed by atoms with Crippen LogP contribution in [0.3, 0.4) is 0 Å². The number of ether oxygens (including phenoxy) is 1. The maximum atomic E-state index is 13.5. The molecule has 1 aromatic carbocycles. The number of hydrogen-bond donors (Lipinski definition) is 1. The predicted molar refractivity (Wildman–Crippen MR) is 108 cm³/mol. The molecule has 0 aliphatic heterocycles. The molecule has 3 aromatic rings. The lowest BCUT2D eigenvalue weighted by Crippen LogP contribution is -2.20. The van der Waals surface area contributed by atoms with Gasteiger partial charge in [0.15, 0.2) is 11.6 Å². The molecule has 3 rings (SSSR count). The topological polar surface area (TPSA) is 126 Å². The van der Waals surface area contributed by atoms with Gasteiger partial charge < -0.3 is 19.2 Å². The molecule has 2 aromatic heterocycles. The number of rotatable bonds is 8. The highest BCUT2D eigenvalue weighted by Crippen LogP contribution is 2.29. The molecule has 0 radical (unpaired) electrons. The lowest BCUT2D eigenvalue weighted by atomic mass is 10.1. The molecule has 0 aliphatic rings. The van der Waals surface area contributed by atoms with E-state index in [2.05, 4.69) is 9.97 Å². The number of carbonyl (C=O) groups excluding carboxylic acids is 1. The van der Waals surface area contributed by atoms with E-state index in [1.807, 2.05) is 0 Å². The number of carbonyl (C=O) groups is 1. The second-order valence-corrected chi connectivity index (χ2v) is 8.38. The fraction of sp³-hybridized carbons (Fsp3) is 0.250. The zero-order valence-corrected chi connectivity index (χ0v) is 17.7. The molecule has 0 fully saturated rings. The lowest BCUT2D eigenvalue weighted by molar-refractivity contribution is 0.145. The Kier molecular flexibility index (Phi) is 6.54. The summed E-state index contributed by atoms with van der Waals surface area (Å²) in [4.78, 5) is 19.4. The van der Waals surface area contributed by atoms with E-state index in [0.29, 0.717) is 0 Å². The Balaban J connectivity index is 2.14. The van der Waals surface area contributed by atoms with Crippen LogP contribution in [0.5, 0.6) is 5.75 Å². The summed E-state index contributed by atoms with van der Waals surface area (Å²) >= 11 is 0. The molecule has 0 saturated carbocycles. The standard InChI is InChI=1S/C20H21FN4O5S/c1-13(2)18-19(31(27,28)30-16-5-3-4-15(21)10-16)25(11-14-6-8-23-9-7-14)17(24-18)12-29-20(22)26/h3-10,13H,11-12H2,1-2H3,(H2,22,26). The van der Waals surface area contributed by atoms with Gasteiger partial charge in [0.1, 0.15) is 17.4 Å².